The average Bonchev–Trinajstić information content (AvgIpc) is 2.05. The maximum atomic E-state index is 5.36. The van der Waals surface area contributed by atoms with E-state index in [4.69, 9.17) is 4.74 Å². The van der Waals surface area contributed by atoms with Gasteiger partial charge in [-0.05, 0) is 24.1 Å². The van der Waals surface area contributed by atoms with Crippen LogP contribution in [-0.4, -0.2) is 20.2 Å². The van der Waals surface area contributed by atoms with Gasteiger partial charge in [-0.3, -0.25) is 0 Å². The van der Waals surface area contributed by atoms with Crippen molar-refractivity contribution in [1.82, 2.24) is 5.32 Å². The molecule has 1 aliphatic rings. The molecule has 2 rings (SSSR count). The smallest absolute Gasteiger partial charge is 0.122 e. The van der Waals surface area contributed by atoms with E-state index >= 15 is 0 Å². The monoisotopic (exact) mass is 177 g/mol. The molecule has 1 aromatic rings. The highest BCUT2D eigenvalue weighted by Crippen LogP contribution is 2.29. The van der Waals surface area contributed by atoms with Crippen molar-refractivity contribution in [3.63, 3.8) is 0 Å². The lowest BCUT2D eigenvalue weighted by Gasteiger charge is -2.28. The molecular formula is C11H15NO. The van der Waals surface area contributed by atoms with Crippen molar-refractivity contribution in [2.75, 3.05) is 20.2 Å². The fraction of sp³-hybridized carbons (Fsp3) is 0.455. The van der Waals surface area contributed by atoms with Gasteiger partial charge < -0.3 is 10.1 Å². The minimum atomic E-state index is 0.649. The molecular weight excluding hydrogens is 162 g/mol. The number of hydrogen-bond donors (Lipinski definition) is 1. The van der Waals surface area contributed by atoms with Gasteiger partial charge in [0.05, 0.1) is 7.11 Å². The van der Waals surface area contributed by atoms with Gasteiger partial charge in [0.25, 0.3) is 0 Å². The van der Waals surface area contributed by atoms with Crippen molar-refractivity contribution in [2.45, 2.75) is 12.8 Å². The van der Waals surface area contributed by atoms with Crippen LogP contribution in [0.1, 0.15) is 17.0 Å². The number of benzene rings is 1. The van der Waals surface area contributed by atoms with Gasteiger partial charge in [-0.15, -0.1) is 0 Å². The standard InChI is InChI=1S/C11H15NO/c1-8-3-4-10(9-6-12-7-9)11(5-8)13-2/h3-5,9,12H,6-7H2,1-2H3. The molecule has 0 unspecified atom stereocenters. The second kappa shape index (κ2) is 3.38. The highest BCUT2D eigenvalue weighted by atomic mass is 16.5. The normalized spacial score (nSPS) is 16.8. The molecule has 70 valence electrons. The van der Waals surface area contributed by atoms with E-state index in [2.05, 4.69) is 30.4 Å². The van der Waals surface area contributed by atoms with Crippen LogP contribution in [0.25, 0.3) is 0 Å². The maximum absolute atomic E-state index is 5.36. The molecule has 13 heavy (non-hydrogen) atoms. The van der Waals surface area contributed by atoms with E-state index < -0.39 is 0 Å². The predicted octanol–water partition coefficient (Wildman–Crippen LogP) is 1.69. The molecule has 0 saturated carbocycles. The highest BCUT2D eigenvalue weighted by molar-refractivity contribution is 5.40. The molecule has 0 atom stereocenters. The molecule has 0 bridgehead atoms. The van der Waals surface area contributed by atoms with Gasteiger partial charge in [-0.1, -0.05) is 12.1 Å². The summed E-state index contributed by atoms with van der Waals surface area (Å²) in [6.45, 7) is 4.25. The number of methoxy groups -OCH3 is 1. The van der Waals surface area contributed by atoms with E-state index in [0.29, 0.717) is 5.92 Å². The molecule has 0 radical (unpaired) electrons. The zero-order valence-corrected chi connectivity index (χ0v) is 8.13. The molecule has 1 aliphatic heterocycles. The second-order valence-corrected chi connectivity index (χ2v) is 3.60. The Balaban J connectivity index is 2.32. The second-order valence-electron chi connectivity index (χ2n) is 3.60. The highest BCUT2D eigenvalue weighted by Gasteiger charge is 2.21. The van der Waals surface area contributed by atoms with E-state index in [9.17, 15) is 0 Å². The number of rotatable bonds is 2. The van der Waals surface area contributed by atoms with Crippen LogP contribution < -0.4 is 10.1 Å². The van der Waals surface area contributed by atoms with E-state index in [1.165, 1.54) is 11.1 Å². The van der Waals surface area contributed by atoms with Crippen LogP contribution in [0.4, 0.5) is 0 Å². The molecule has 0 aliphatic carbocycles. The molecule has 0 spiro atoms. The lowest BCUT2D eigenvalue weighted by molar-refractivity contribution is 0.385. The zero-order valence-electron chi connectivity index (χ0n) is 8.13. The third-order valence-corrected chi connectivity index (χ3v) is 2.61. The van der Waals surface area contributed by atoms with Crippen molar-refractivity contribution < 1.29 is 4.74 Å². The lowest BCUT2D eigenvalue weighted by Crippen LogP contribution is -2.40. The van der Waals surface area contributed by atoms with Crippen molar-refractivity contribution in [3.05, 3.63) is 29.3 Å². The number of ether oxygens (including phenoxy) is 1. The number of aryl methyl sites for hydroxylation is 1. The van der Waals surface area contributed by atoms with Crippen LogP contribution >= 0.6 is 0 Å². The molecule has 2 heteroatoms. The van der Waals surface area contributed by atoms with Gasteiger partial charge in [-0.2, -0.15) is 0 Å². The lowest BCUT2D eigenvalue weighted by atomic mass is 9.92. The first-order valence-corrected chi connectivity index (χ1v) is 4.66. The van der Waals surface area contributed by atoms with E-state index in [-0.39, 0.29) is 0 Å². The summed E-state index contributed by atoms with van der Waals surface area (Å²) in [5.41, 5.74) is 2.60. The van der Waals surface area contributed by atoms with Gasteiger partial charge in [0.15, 0.2) is 0 Å². The Hall–Kier alpha value is -1.02. The summed E-state index contributed by atoms with van der Waals surface area (Å²) in [6.07, 6.45) is 0. The summed E-state index contributed by atoms with van der Waals surface area (Å²) >= 11 is 0. The summed E-state index contributed by atoms with van der Waals surface area (Å²) in [5.74, 6) is 1.68. The molecule has 0 amide bonds. The summed E-state index contributed by atoms with van der Waals surface area (Å²) in [4.78, 5) is 0. The van der Waals surface area contributed by atoms with Crippen LogP contribution in [0.15, 0.2) is 18.2 Å². The van der Waals surface area contributed by atoms with Crippen LogP contribution in [0, 0.1) is 6.92 Å². The minimum absolute atomic E-state index is 0.649. The SMILES string of the molecule is COc1cc(C)ccc1C1CNC1. The first-order valence-electron chi connectivity index (χ1n) is 4.66. The van der Waals surface area contributed by atoms with Crippen molar-refractivity contribution in [1.29, 1.82) is 0 Å². The Morgan fingerprint density at radius 1 is 1.38 bits per heavy atom. The fourth-order valence-electron chi connectivity index (χ4n) is 1.66. The number of hydrogen-bond acceptors (Lipinski definition) is 2. The zero-order chi connectivity index (χ0) is 9.26. The van der Waals surface area contributed by atoms with E-state index in [1.54, 1.807) is 7.11 Å². The summed E-state index contributed by atoms with van der Waals surface area (Å²) in [7, 11) is 1.74. The molecule has 2 nitrogen and oxygen atoms in total. The molecule has 0 aromatic heterocycles. The Morgan fingerprint density at radius 2 is 2.15 bits per heavy atom. The van der Waals surface area contributed by atoms with Crippen molar-refractivity contribution >= 4 is 0 Å². The molecule has 1 saturated heterocycles. The van der Waals surface area contributed by atoms with E-state index in [1.807, 2.05) is 0 Å². The first kappa shape index (κ1) is 8.57. The predicted molar refractivity (Wildman–Crippen MR) is 53.3 cm³/mol. The molecule has 1 N–H and O–H groups in total. The van der Waals surface area contributed by atoms with Crippen molar-refractivity contribution in [2.24, 2.45) is 0 Å². The molecule has 1 heterocycles. The van der Waals surface area contributed by atoms with Crippen LogP contribution in [-0.2, 0) is 0 Å². The molecule has 1 fully saturated rings. The van der Waals surface area contributed by atoms with Gasteiger partial charge in [-0.25, -0.2) is 0 Å². The van der Waals surface area contributed by atoms with Crippen LogP contribution in [0.5, 0.6) is 5.75 Å². The third kappa shape index (κ3) is 1.54. The fourth-order valence-corrected chi connectivity index (χ4v) is 1.66. The summed E-state index contributed by atoms with van der Waals surface area (Å²) < 4.78 is 5.36. The Morgan fingerprint density at radius 3 is 2.69 bits per heavy atom. The average molecular weight is 177 g/mol. The Bertz CT molecular complexity index is 305. The summed E-state index contributed by atoms with van der Waals surface area (Å²) in [5, 5.41) is 3.27. The van der Waals surface area contributed by atoms with Crippen molar-refractivity contribution in [3.8, 4) is 5.75 Å². The summed E-state index contributed by atoms with van der Waals surface area (Å²) in [6, 6.07) is 6.43. The number of nitrogens with one attached hydrogen (secondary N) is 1. The van der Waals surface area contributed by atoms with Gasteiger partial charge >= 0.3 is 0 Å². The first-order chi connectivity index (χ1) is 6.31. The quantitative estimate of drug-likeness (QED) is 0.742. The largest absolute Gasteiger partial charge is 0.496 e. The van der Waals surface area contributed by atoms with Crippen LogP contribution in [0.3, 0.4) is 0 Å². The Labute approximate surface area is 78.9 Å². The third-order valence-electron chi connectivity index (χ3n) is 2.61. The molecule has 1 aromatic carbocycles. The Kier molecular flexibility index (Phi) is 2.23. The van der Waals surface area contributed by atoms with Gasteiger partial charge in [0.2, 0.25) is 0 Å². The van der Waals surface area contributed by atoms with Gasteiger partial charge in [0, 0.05) is 19.0 Å². The van der Waals surface area contributed by atoms with Gasteiger partial charge in [0.1, 0.15) is 5.75 Å². The van der Waals surface area contributed by atoms with E-state index in [0.717, 1.165) is 18.8 Å². The minimum Gasteiger partial charge on any atom is -0.496 e. The topological polar surface area (TPSA) is 21.3 Å². The van der Waals surface area contributed by atoms with Crippen LogP contribution in [0.2, 0.25) is 0 Å². The maximum Gasteiger partial charge on any atom is 0.122 e.